The fraction of sp³-hybridized carbons (Fsp3) is 0.348. The Kier molecular flexibility index (Phi) is 6.79. The SMILES string of the molecule is CC1(C)OB(C(=Cc2ccnc(C#N)c2)CNC(=O)OCc2ccccc2)OC1(C)C. The normalized spacial score (nSPS) is 17.1. The zero-order chi connectivity index (χ0) is 22.5. The molecule has 0 spiro atoms. The summed E-state index contributed by atoms with van der Waals surface area (Å²) < 4.78 is 17.6. The molecule has 31 heavy (non-hydrogen) atoms. The summed E-state index contributed by atoms with van der Waals surface area (Å²) in [7, 11) is -0.655. The van der Waals surface area contributed by atoms with Gasteiger partial charge in [0, 0.05) is 12.7 Å². The largest absolute Gasteiger partial charge is 0.492 e. The Balaban J connectivity index is 1.74. The van der Waals surface area contributed by atoms with Gasteiger partial charge in [-0.05, 0) is 56.4 Å². The summed E-state index contributed by atoms with van der Waals surface area (Å²) in [4.78, 5) is 16.2. The average molecular weight is 419 g/mol. The predicted octanol–water partition coefficient (Wildman–Crippen LogP) is 3.89. The van der Waals surface area contributed by atoms with Gasteiger partial charge in [0.2, 0.25) is 0 Å². The number of carbonyl (C=O) groups is 1. The average Bonchev–Trinajstić information content (AvgIpc) is 2.97. The summed E-state index contributed by atoms with van der Waals surface area (Å²) in [6.45, 7) is 8.20. The number of nitriles is 1. The second-order valence-corrected chi connectivity index (χ2v) is 8.31. The predicted molar refractivity (Wildman–Crippen MR) is 118 cm³/mol. The maximum Gasteiger partial charge on any atom is 0.492 e. The van der Waals surface area contributed by atoms with Crippen LogP contribution in [-0.4, -0.2) is 35.9 Å². The smallest absolute Gasteiger partial charge is 0.445 e. The Morgan fingerprint density at radius 2 is 1.87 bits per heavy atom. The second-order valence-electron chi connectivity index (χ2n) is 8.31. The second kappa shape index (κ2) is 9.33. The molecule has 1 aromatic carbocycles. The number of pyridine rings is 1. The number of hydrogen-bond acceptors (Lipinski definition) is 6. The number of alkyl carbamates (subject to hydrolysis) is 1. The third-order valence-electron chi connectivity index (χ3n) is 5.46. The van der Waals surface area contributed by atoms with Gasteiger partial charge in [0.15, 0.2) is 0 Å². The van der Waals surface area contributed by atoms with Gasteiger partial charge >= 0.3 is 13.2 Å². The molecule has 0 aliphatic carbocycles. The van der Waals surface area contributed by atoms with Crippen LogP contribution in [0, 0.1) is 11.3 Å². The van der Waals surface area contributed by atoms with Crippen molar-refractivity contribution < 1.29 is 18.8 Å². The summed E-state index contributed by atoms with van der Waals surface area (Å²) >= 11 is 0. The maximum atomic E-state index is 12.2. The van der Waals surface area contributed by atoms with Gasteiger partial charge in [0.25, 0.3) is 0 Å². The molecule has 1 saturated heterocycles. The lowest BCUT2D eigenvalue weighted by molar-refractivity contribution is 0.00578. The molecule has 1 fully saturated rings. The van der Waals surface area contributed by atoms with Crippen molar-refractivity contribution >= 4 is 19.3 Å². The van der Waals surface area contributed by atoms with Gasteiger partial charge < -0.3 is 19.4 Å². The first kappa shape index (κ1) is 22.5. The summed E-state index contributed by atoms with van der Waals surface area (Å²) in [5, 5.41) is 11.9. The molecule has 1 aromatic heterocycles. The van der Waals surface area contributed by atoms with Gasteiger partial charge in [-0.2, -0.15) is 5.26 Å². The lowest BCUT2D eigenvalue weighted by Crippen LogP contribution is -2.41. The van der Waals surface area contributed by atoms with Crippen LogP contribution in [0.5, 0.6) is 0 Å². The van der Waals surface area contributed by atoms with Crippen LogP contribution in [0.25, 0.3) is 6.08 Å². The van der Waals surface area contributed by atoms with Crippen molar-refractivity contribution in [2.75, 3.05) is 6.54 Å². The molecule has 0 radical (unpaired) electrons. The van der Waals surface area contributed by atoms with Crippen molar-refractivity contribution in [3.05, 3.63) is 71.0 Å². The van der Waals surface area contributed by atoms with E-state index < -0.39 is 24.4 Å². The number of rotatable bonds is 6. The van der Waals surface area contributed by atoms with Crippen molar-refractivity contribution in [1.82, 2.24) is 10.3 Å². The van der Waals surface area contributed by atoms with Crippen molar-refractivity contribution in [3.8, 4) is 6.07 Å². The first-order chi connectivity index (χ1) is 14.7. The molecule has 2 aromatic rings. The van der Waals surface area contributed by atoms with Crippen LogP contribution < -0.4 is 5.32 Å². The Morgan fingerprint density at radius 1 is 1.19 bits per heavy atom. The van der Waals surface area contributed by atoms with Crippen LogP contribution in [0.3, 0.4) is 0 Å². The first-order valence-electron chi connectivity index (χ1n) is 10.1. The quantitative estimate of drug-likeness (QED) is 0.714. The highest BCUT2D eigenvalue weighted by Gasteiger charge is 2.52. The number of nitrogens with one attached hydrogen (secondary N) is 1. The van der Waals surface area contributed by atoms with E-state index in [0.717, 1.165) is 11.1 Å². The zero-order valence-electron chi connectivity index (χ0n) is 18.2. The monoisotopic (exact) mass is 419 g/mol. The van der Waals surface area contributed by atoms with Gasteiger partial charge in [-0.3, -0.25) is 0 Å². The zero-order valence-corrected chi connectivity index (χ0v) is 18.2. The Labute approximate surface area is 183 Å². The molecular weight excluding hydrogens is 393 g/mol. The highest BCUT2D eigenvalue weighted by molar-refractivity contribution is 6.56. The maximum absolute atomic E-state index is 12.2. The molecular formula is C23H26BN3O4. The van der Waals surface area contributed by atoms with Crippen LogP contribution in [0.15, 0.2) is 54.1 Å². The van der Waals surface area contributed by atoms with Crippen LogP contribution in [-0.2, 0) is 20.7 Å². The molecule has 0 unspecified atom stereocenters. The molecule has 0 atom stereocenters. The van der Waals surface area contributed by atoms with E-state index in [4.69, 9.17) is 19.3 Å². The summed E-state index contributed by atoms with van der Waals surface area (Å²) in [5.74, 6) is 0. The van der Waals surface area contributed by atoms with E-state index in [2.05, 4.69) is 10.3 Å². The Bertz CT molecular complexity index is 983. The Hall–Kier alpha value is -3.15. The van der Waals surface area contributed by atoms with Crippen molar-refractivity contribution in [3.63, 3.8) is 0 Å². The molecule has 1 N–H and O–H groups in total. The number of hydrogen-bond donors (Lipinski definition) is 1. The molecule has 1 aliphatic rings. The van der Waals surface area contributed by atoms with E-state index in [0.29, 0.717) is 11.2 Å². The number of nitrogens with zero attached hydrogens (tertiary/aromatic N) is 2. The van der Waals surface area contributed by atoms with E-state index >= 15 is 0 Å². The van der Waals surface area contributed by atoms with Gasteiger partial charge in [-0.25, -0.2) is 9.78 Å². The highest BCUT2D eigenvalue weighted by Crippen LogP contribution is 2.38. The van der Waals surface area contributed by atoms with E-state index in [1.54, 1.807) is 18.3 Å². The van der Waals surface area contributed by atoms with Crippen molar-refractivity contribution in [1.29, 1.82) is 5.26 Å². The van der Waals surface area contributed by atoms with Gasteiger partial charge in [0.1, 0.15) is 18.4 Å². The minimum atomic E-state index is -0.655. The third-order valence-corrected chi connectivity index (χ3v) is 5.46. The van der Waals surface area contributed by atoms with E-state index in [-0.39, 0.29) is 13.2 Å². The summed E-state index contributed by atoms with van der Waals surface area (Å²) in [6, 6.07) is 14.9. The van der Waals surface area contributed by atoms with Gasteiger partial charge in [-0.15, -0.1) is 0 Å². The number of amides is 1. The summed E-state index contributed by atoms with van der Waals surface area (Å²) in [5.41, 5.74) is 1.61. The molecule has 0 bridgehead atoms. The number of carbonyl (C=O) groups excluding carboxylic acids is 1. The van der Waals surface area contributed by atoms with Crippen molar-refractivity contribution in [2.24, 2.45) is 0 Å². The van der Waals surface area contributed by atoms with Gasteiger partial charge in [0.05, 0.1) is 11.2 Å². The summed E-state index contributed by atoms with van der Waals surface area (Å²) in [6.07, 6.45) is 2.86. The minimum absolute atomic E-state index is 0.161. The van der Waals surface area contributed by atoms with Crippen molar-refractivity contribution in [2.45, 2.75) is 45.5 Å². The minimum Gasteiger partial charge on any atom is -0.445 e. The first-order valence-corrected chi connectivity index (χ1v) is 10.1. The fourth-order valence-corrected chi connectivity index (χ4v) is 2.96. The van der Waals surface area contributed by atoms with Crippen LogP contribution in [0.1, 0.15) is 44.5 Å². The topological polar surface area (TPSA) is 93.5 Å². The van der Waals surface area contributed by atoms with Crippen LogP contribution in [0.4, 0.5) is 4.79 Å². The molecule has 3 rings (SSSR count). The molecule has 7 nitrogen and oxygen atoms in total. The van der Waals surface area contributed by atoms with E-state index in [1.165, 1.54) is 0 Å². The van der Waals surface area contributed by atoms with Crippen LogP contribution >= 0.6 is 0 Å². The Morgan fingerprint density at radius 3 is 2.52 bits per heavy atom. The number of aromatic nitrogens is 1. The molecule has 160 valence electrons. The van der Waals surface area contributed by atoms with Crippen LogP contribution in [0.2, 0.25) is 0 Å². The fourth-order valence-electron chi connectivity index (χ4n) is 2.96. The standard InChI is InChI=1S/C23H26BN3O4/c1-22(2)23(3,4)31-24(30-22)19(12-18-10-11-26-20(13-18)14-25)15-27-21(28)29-16-17-8-6-5-7-9-17/h5-13H,15-16H2,1-4H3,(H,27,28). The molecule has 2 heterocycles. The third kappa shape index (κ3) is 5.72. The molecule has 8 heteroatoms. The molecule has 1 amide bonds. The molecule has 0 saturated carbocycles. The van der Waals surface area contributed by atoms with E-state index in [1.807, 2.05) is 70.2 Å². The van der Waals surface area contributed by atoms with E-state index in [9.17, 15) is 4.79 Å². The number of benzene rings is 1. The van der Waals surface area contributed by atoms with Gasteiger partial charge in [-0.1, -0.05) is 36.4 Å². The molecule has 1 aliphatic heterocycles. The number of ether oxygens (including phenoxy) is 1. The lowest BCUT2D eigenvalue weighted by Gasteiger charge is -2.32. The highest BCUT2D eigenvalue weighted by atomic mass is 16.7. The lowest BCUT2D eigenvalue weighted by atomic mass is 9.77.